The molecule has 0 atom stereocenters. The number of aromatic hydroxyl groups is 1. The van der Waals surface area contributed by atoms with Crippen molar-refractivity contribution in [3.05, 3.63) is 47.3 Å². The van der Waals surface area contributed by atoms with E-state index in [1.54, 1.807) is 24.1 Å². The number of rotatable bonds is 4. The van der Waals surface area contributed by atoms with Crippen molar-refractivity contribution in [2.45, 2.75) is 31.7 Å². The number of ether oxygens (including phenoxy) is 1. The van der Waals surface area contributed by atoms with Gasteiger partial charge in [-0.15, -0.1) is 0 Å². The van der Waals surface area contributed by atoms with Crippen LogP contribution < -0.4 is 4.90 Å². The van der Waals surface area contributed by atoms with Crippen LogP contribution in [0.3, 0.4) is 0 Å². The van der Waals surface area contributed by atoms with Crippen LogP contribution in [-0.4, -0.2) is 76.0 Å². The minimum atomic E-state index is -4.86. The summed E-state index contributed by atoms with van der Waals surface area (Å²) in [4.78, 5) is 23.4. The molecule has 0 radical (unpaired) electrons. The van der Waals surface area contributed by atoms with Crippen LogP contribution in [0, 0.1) is 0 Å². The summed E-state index contributed by atoms with van der Waals surface area (Å²) in [6.45, 7) is 1.86. The summed E-state index contributed by atoms with van der Waals surface area (Å²) in [7, 11) is 1.67. The number of hydrogen-bond donors (Lipinski definition) is 1. The Morgan fingerprint density at radius 3 is 2.65 bits per heavy atom. The first-order valence-electron chi connectivity index (χ1n) is 11.0. The monoisotopic (exact) mass is 475 g/mol. The summed E-state index contributed by atoms with van der Waals surface area (Å²) in [5.74, 6) is -1.15. The minimum absolute atomic E-state index is 0.0201. The molecule has 34 heavy (non-hydrogen) atoms. The molecule has 2 aliphatic rings. The number of alkyl halides is 3. The molecule has 3 aromatic rings. The van der Waals surface area contributed by atoms with E-state index in [-0.39, 0.29) is 25.1 Å². The molecule has 5 rings (SSSR count). The van der Waals surface area contributed by atoms with Gasteiger partial charge < -0.3 is 24.2 Å². The van der Waals surface area contributed by atoms with Crippen LogP contribution in [0.4, 0.5) is 19.1 Å². The highest BCUT2D eigenvalue weighted by Crippen LogP contribution is 2.29. The fourth-order valence-electron chi connectivity index (χ4n) is 4.50. The third-order valence-electron chi connectivity index (χ3n) is 6.52. The number of fused-ring (bicyclic) bond motifs is 2. The van der Waals surface area contributed by atoms with Crippen molar-refractivity contribution in [2.24, 2.45) is 0 Å². The molecule has 1 aromatic carbocycles. The maximum atomic E-state index is 12.8. The largest absolute Gasteiger partial charge is 0.494 e. The number of nitrogens with zero attached hydrogens (tertiary/aromatic N) is 5. The van der Waals surface area contributed by atoms with Crippen molar-refractivity contribution in [1.82, 2.24) is 19.4 Å². The molecule has 1 amide bonds. The Morgan fingerprint density at radius 2 is 1.94 bits per heavy atom. The smallest absolute Gasteiger partial charge is 0.471 e. The standard InChI is InChI=1S/C23H24F3N5O3/c1-34-17-11-31(12-17)22-27-9-18-19(28-22)13-30(20(18)32)10-14-2-3-15-4-6-29(7-5-16(15)8-14)21(33)23(24,25)26/h2-3,8-9,13,17,32H,4-7,10-12H2,1H3. The van der Waals surface area contributed by atoms with E-state index in [0.717, 1.165) is 34.7 Å². The molecule has 11 heteroatoms. The van der Waals surface area contributed by atoms with Gasteiger partial charge in [0.15, 0.2) is 0 Å². The number of hydrogen-bond acceptors (Lipinski definition) is 6. The Kier molecular flexibility index (Phi) is 5.59. The van der Waals surface area contributed by atoms with Gasteiger partial charge >= 0.3 is 12.1 Å². The Bertz CT molecular complexity index is 1240. The molecular weight excluding hydrogens is 451 g/mol. The van der Waals surface area contributed by atoms with Crippen molar-refractivity contribution >= 4 is 22.8 Å². The van der Waals surface area contributed by atoms with E-state index >= 15 is 0 Å². The second-order valence-electron chi connectivity index (χ2n) is 8.71. The molecule has 0 spiro atoms. The highest BCUT2D eigenvalue weighted by Gasteiger charge is 2.42. The van der Waals surface area contributed by atoms with Gasteiger partial charge in [0.2, 0.25) is 11.8 Å². The topological polar surface area (TPSA) is 83.7 Å². The van der Waals surface area contributed by atoms with Crippen LogP contribution in [0.5, 0.6) is 5.88 Å². The van der Waals surface area contributed by atoms with Crippen LogP contribution in [-0.2, 0) is 28.9 Å². The van der Waals surface area contributed by atoms with E-state index in [1.165, 1.54) is 0 Å². The van der Waals surface area contributed by atoms with E-state index < -0.39 is 12.1 Å². The molecule has 2 aliphatic heterocycles. The Morgan fingerprint density at radius 1 is 1.21 bits per heavy atom. The van der Waals surface area contributed by atoms with Crippen molar-refractivity contribution in [1.29, 1.82) is 0 Å². The molecule has 1 saturated heterocycles. The third-order valence-corrected chi connectivity index (χ3v) is 6.52. The third kappa shape index (κ3) is 4.15. The fraction of sp³-hybridized carbons (Fsp3) is 0.435. The summed E-state index contributed by atoms with van der Waals surface area (Å²) in [5, 5.41) is 11.2. The zero-order valence-electron chi connectivity index (χ0n) is 18.5. The van der Waals surface area contributed by atoms with E-state index in [1.807, 2.05) is 23.1 Å². The van der Waals surface area contributed by atoms with Crippen LogP contribution >= 0.6 is 0 Å². The number of carbonyl (C=O) groups excluding carboxylic acids is 1. The van der Waals surface area contributed by atoms with Gasteiger partial charge in [-0.3, -0.25) is 4.79 Å². The van der Waals surface area contributed by atoms with Gasteiger partial charge in [-0.25, -0.2) is 9.97 Å². The van der Waals surface area contributed by atoms with Gasteiger partial charge in [-0.2, -0.15) is 13.2 Å². The lowest BCUT2D eigenvalue weighted by Gasteiger charge is -2.37. The molecule has 180 valence electrons. The van der Waals surface area contributed by atoms with Gasteiger partial charge in [0, 0.05) is 45.7 Å². The number of halogens is 3. The van der Waals surface area contributed by atoms with Gasteiger partial charge in [0.1, 0.15) is 0 Å². The second kappa shape index (κ2) is 8.46. The van der Waals surface area contributed by atoms with Crippen molar-refractivity contribution < 1.29 is 27.8 Å². The molecule has 0 aliphatic carbocycles. The van der Waals surface area contributed by atoms with Gasteiger partial charge in [0.05, 0.1) is 23.6 Å². The van der Waals surface area contributed by atoms with Crippen molar-refractivity contribution in [3.63, 3.8) is 0 Å². The molecule has 1 fully saturated rings. The summed E-state index contributed by atoms with van der Waals surface area (Å²) in [6.07, 6.45) is -0.609. The van der Waals surface area contributed by atoms with Crippen LogP contribution in [0.15, 0.2) is 30.6 Å². The van der Waals surface area contributed by atoms with Crippen LogP contribution in [0.2, 0.25) is 0 Å². The molecule has 0 bridgehead atoms. The van der Waals surface area contributed by atoms with Gasteiger partial charge in [-0.1, -0.05) is 18.2 Å². The fourth-order valence-corrected chi connectivity index (χ4v) is 4.50. The number of aromatic nitrogens is 3. The summed E-state index contributed by atoms with van der Waals surface area (Å²) < 4.78 is 45.4. The Balaban J connectivity index is 1.32. The highest BCUT2D eigenvalue weighted by atomic mass is 19.4. The first-order chi connectivity index (χ1) is 16.2. The quantitative estimate of drug-likeness (QED) is 0.625. The maximum absolute atomic E-state index is 12.8. The normalized spacial score (nSPS) is 16.9. The van der Waals surface area contributed by atoms with Crippen LogP contribution in [0.25, 0.3) is 10.9 Å². The predicted molar refractivity (Wildman–Crippen MR) is 118 cm³/mol. The van der Waals surface area contributed by atoms with Gasteiger partial charge in [-0.05, 0) is 29.5 Å². The average Bonchev–Trinajstić information content (AvgIpc) is 2.93. The minimum Gasteiger partial charge on any atom is -0.494 e. The van der Waals surface area contributed by atoms with Crippen LogP contribution in [0.1, 0.15) is 16.7 Å². The van der Waals surface area contributed by atoms with Gasteiger partial charge in [0.25, 0.3) is 0 Å². The Hall–Kier alpha value is -3.34. The van der Waals surface area contributed by atoms with E-state index in [4.69, 9.17) is 4.74 Å². The molecule has 8 nitrogen and oxygen atoms in total. The number of methoxy groups -OCH3 is 1. The molecule has 0 saturated carbocycles. The first-order valence-corrected chi connectivity index (χ1v) is 11.0. The lowest BCUT2D eigenvalue weighted by atomic mass is 10.00. The first kappa shape index (κ1) is 22.5. The van der Waals surface area contributed by atoms with Crippen molar-refractivity contribution in [2.75, 3.05) is 38.2 Å². The summed E-state index contributed by atoms with van der Waals surface area (Å²) in [6, 6.07) is 5.72. The lowest BCUT2D eigenvalue weighted by molar-refractivity contribution is -0.185. The highest BCUT2D eigenvalue weighted by molar-refractivity contribution is 5.84. The zero-order chi connectivity index (χ0) is 24.0. The Labute approximate surface area is 193 Å². The van der Waals surface area contributed by atoms with Crippen molar-refractivity contribution in [3.8, 4) is 5.88 Å². The number of anilines is 1. The predicted octanol–water partition coefficient (Wildman–Crippen LogP) is 2.51. The zero-order valence-corrected chi connectivity index (χ0v) is 18.5. The number of amides is 1. The molecule has 2 aromatic heterocycles. The summed E-state index contributed by atoms with van der Waals surface area (Å²) >= 11 is 0. The van der Waals surface area contributed by atoms with E-state index in [9.17, 15) is 23.1 Å². The molecule has 0 unspecified atom stereocenters. The number of carbonyl (C=O) groups is 1. The molecular formula is C23H24F3N5O3. The average molecular weight is 475 g/mol. The van der Waals surface area contributed by atoms with E-state index in [2.05, 4.69) is 9.97 Å². The summed E-state index contributed by atoms with van der Waals surface area (Å²) in [5.41, 5.74) is 3.37. The SMILES string of the molecule is COC1CN(c2ncc3c(O)n(Cc4ccc5c(c4)CCN(C(=O)C(F)(F)F)CC5)cc3n2)C1. The second-order valence-corrected chi connectivity index (χ2v) is 8.71. The number of benzene rings is 1. The maximum Gasteiger partial charge on any atom is 0.471 e. The molecule has 1 N–H and O–H groups in total. The molecule has 4 heterocycles. The lowest BCUT2D eigenvalue weighted by Crippen LogP contribution is -2.52. The van der Waals surface area contributed by atoms with E-state index in [0.29, 0.717) is 36.2 Å².